The van der Waals surface area contributed by atoms with Gasteiger partial charge in [-0.25, -0.2) is 8.42 Å². The lowest BCUT2D eigenvalue weighted by Gasteiger charge is -2.09. The average Bonchev–Trinajstić information content (AvgIpc) is 2.17. The summed E-state index contributed by atoms with van der Waals surface area (Å²) in [6, 6.07) is 5.49. The molecule has 0 spiro atoms. The Morgan fingerprint density at radius 3 is 2.62 bits per heavy atom. The standard InChI is InChI=1S/C11H17NO3S/c1-9-3-4-11(15-2)10(7-9)8-16(13,14)6-5-12/h3-4,7H,5-6,8,12H2,1-2H3. The van der Waals surface area contributed by atoms with Crippen LogP contribution < -0.4 is 10.5 Å². The monoisotopic (exact) mass is 243 g/mol. The summed E-state index contributed by atoms with van der Waals surface area (Å²) in [5.41, 5.74) is 6.96. The minimum Gasteiger partial charge on any atom is -0.496 e. The molecule has 16 heavy (non-hydrogen) atoms. The van der Waals surface area contributed by atoms with Crippen molar-refractivity contribution in [2.75, 3.05) is 19.4 Å². The maximum atomic E-state index is 11.6. The summed E-state index contributed by atoms with van der Waals surface area (Å²) < 4.78 is 28.4. The van der Waals surface area contributed by atoms with Crippen molar-refractivity contribution >= 4 is 9.84 Å². The van der Waals surface area contributed by atoms with Gasteiger partial charge in [-0.05, 0) is 13.0 Å². The van der Waals surface area contributed by atoms with Gasteiger partial charge in [0.15, 0.2) is 9.84 Å². The van der Waals surface area contributed by atoms with Crippen LogP contribution in [0.4, 0.5) is 0 Å². The Labute approximate surface area is 96.3 Å². The second-order valence-corrected chi connectivity index (χ2v) is 5.88. The molecule has 0 fully saturated rings. The molecule has 0 amide bonds. The largest absolute Gasteiger partial charge is 0.496 e. The fourth-order valence-corrected chi connectivity index (χ4v) is 2.71. The van der Waals surface area contributed by atoms with Crippen LogP contribution in [0.2, 0.25) is 0 Å². The lowest BCUT2D eigenvalue weighted by Crippen LogP contribution is -2.17. The van der Waals surface area contributed by atoms with E-state index in [1.165, 1.54) is 7.11 Å². The van der Waals surface area contributed by atoms with Crippen LogP contribution in [0.3, 0.4) is 0 Å². The van der Waals surface area contributed by atoms with Crippen LogP contribution in [0, 0.1) is 6.92 Å². The van der Waals surface area contributed by atoms with Crippen molar-refractivity contribution in [2.45, 2.75) is 12.7 Å². The number of nitrogens with two attached hydrogens (primary N) is 1. The third-order valence-electron chi connectivity index (χ3n) is 2.24. The number of methoxy groups -OCH3 is 1. The van der Waals surface area contributed by atoms with Gasteiger partial charge in [0.25, 0.3) is 0 Å². The minimum absolute atomic E-state index is 0.00406. The number of hydrogen-bond acceptors (Lipinski definition) is 4. The van der Waals surface area contributed by atoms with Crippen LogP contribution in [0.25, 0.3) is 0 Å². The molecule has 0 atom stereocenters. The lowest BCUT2D eigenvalue weighted by molar-refractivity contribution is 0.411. The molecule has 1 rings (SSSR count). The van der Waals surface area contributed by atoms with E-state index >= 15 is 0 Å². The molecule has 0 saturated heterocycles. The number of sulfone groups is 1. The zero-order valence-corrected chi connectivity index (χ0v) is 10.4. The van der Waals surface area contributed by atoms with Crippen molar-refractivity contribution < 1.29 is 13.2 Å². The van der Waals surface area contributed by atoms with Gasteiger partial charge in [0, 0.05) is 12.1 Å². The average molecular weight is 243 g/mol. The SMILES string of the molecule is COc1ccc(C)cc1CS(=O)(=O)CCN. The fourth-order valence-electron chi connectivity index (χ4n) is 1.51. The van der Waals surface area contributed by atoms with Gasteiger partial charge in [0.05, 0.1) is 18.6 Å². The van der Waals surface area contributed by atoms with E-state index in [0.717, 1.165) is 5.56 Å². The molecule has 0 unspecified atom stereocenters. The van der Waals surface area contributed by atoms with Crippen LogP contribution in [-0.2, 0) is 15.6 Å². The van der Waals surface area contributed by atoms with E-state index in [0.29, 0.717) is 11.3 Å². The van der Waals surface area contributed by atoms with E-state index in [1.807, 2.05) is 19.1 Å². The van der Waals surface area contributed by atoms with Gasteiger partial charge in [0.2, 0.25) is 0 Å². The molecule has 0 bridgehead atoms. The van der Waals surface area contributed by atoms with Crippen LogP contribution in [0.1, 0.15) is 11.1 Å². The molecule has 2 N–H and O–H groups in total. The molecular formula is C11H17NO3S. The number of rotatable bonds is 5. The summed E-state index contributed by atoms with van der Waals surface area (Å²) in [7, 11) is -1.61. The van der Waals surface area contributed by atoms with Crippen LogP contribution in [0.15, 0.2) is 18.2 Å². The van der Waals surface area contributed by atoms with Crippen molar-refractivity contribution in [3.63, 3.8) is 0 Å². The van der Waals surface area contributed by atoms with Crippen molar-refractivity contribution in [1.82, 2.24) is 0 Å². The van der Waals surface area contributed by atoms with E-state index in [2.05, 4.69) is 0 Å². The second-order valence-electron chi connectivity index (χ2n) is 3.70. The summed E-state index contributed by atoms with van der Waals surface area (Å²) >= 11 is 0. The zero-order valence-electron chi connectivity index (χ0n) is 9.56. The van der Waals surface area contributed by atoms with Crippen molar-refractivity contribution in [1.29, 1.82) is 0 Å². The summed E-state index contributed by atoms with van der Waals surface area (Å²) in [5.74, 6) is 0.588. The zero-order chi connectivity index (χ0) is 12.2. The topological polar surface area (TPSA) is 69.4 Å². The molecule has 0 aliphatic rings. The van der Waals surface area contributed by atoms with Gasteiger partial charge < -0.3 is 10.5 Å². The van der Waals surface area contributed by atoms with Gasteiger partial charge in [-0.2, -0.15) is 0 Å². The Morgan fingerprint density at radius 1 is 1.38 bits per heavy atom. The molecule has 4 nitrogen and oxygen atoms in total. The molecule has 0 saturated carbocycles. The maximum absolute atomic E-state index is 11.6. The Bertz CT molecular complexity index is 454. The van der Waals surface area contributed by atoms with E-state index in [9.17, 15) is 8.42 Å². The van der Waals surface area contributed by atoms with E-state index in [1.54, 1.807) is 6.07 Å². The lowest BCUT2D eigenvalue weighted by atomic mass is 10.1. The van der Waals surface area contributed by atoms with Gasteiger partial charge >= 0.3 is 0 Å². The maximum Gasteiger partial charge on any atom is 0.155 e. The summed E-state index contributed by atoms with van der Waals surface area (Å²) in [4.78, 5) is 0. The first kappa shape index (κ1) is 13.0. The molecule has 1 aromatic rings. The van der Waals surface area contributed by atoms with Crippen molar-refractivity contribution in [3.8, 4) is 5.75 Å². The van der Waals surface area contributed by atoms with E-state index in [-0.39, 0.29) is 18.1 Å². The van der Waals surface area contributed by atoms with Gasteiger partial charge in [-0.1, -0.05) is 17.7 Å². The molecule has 0 radical (unpaired) electrons. The van der Waals surface area contributed by atoms with Crippen molar-refractivity contribution in [2.24, 2.45) is 5.73 Å². The highest BCUT2D eigenvalue weighted by molar-refractivity contribution is 7.90. The molecule has 0 aliphatic carbocycles. The number of benzene rings is 1. The molecule has 90 valence electrons. The Morgan fingerprint density at radius 2 is 2.06 bits per heavy atom. The highest BCUT2D eigenvalue weighted by Gasteiger charge is 2.14. The van der Waals surface area contributed by atoms with Crippen LogP contribution in [-0.4, -0.2) is 27.8 Å². The van der Waals surface area contributed by atoms with E-state index in [4.69, 9.17) is 10.5 Å². The fraction of sp³-hybridized carbons (Fsp3) is 0.455. The predicted octanol–water partition coefficient (Wildman–Crippen LogP) is 0.877. The first-order valence-electron chi connectivity index (χ1n) is 5.02. The summed E-state index contributed by atoms with van der Waals surface area (Å²) in [6.07, 6.45) is 0. The normalized spacial score (nSPS) is 11.4. The Kier molecular flexibility index (Phi) is 4.32. The van der Waals surface area contributed by atoms with E-state index < -0.39 is 9.84 Å². The second kappa shape index (κ2) is 5.32. The first-order valence-corrected chi connectivity index (χ1v) is 6.84. The molecule has 5 heteroatoms. The summed E-state index contributed by atoms with van der Waals surface area (Å²) in [6.45, 7) is 2.06. The quantitative estimate of drug-likeness (QED) is 0.833. The van der Waals surface area contributed by atoms with Crippen molar-refractivity contribution in [3.05, 3.63) is 29.3 Å². The summed E-state index contributed by atoms with van der Waals surface area (Å²) in [5, 5.41) is 0. The highest BCUT2D eigenvalue weighted by atomic mass is 32.2. The smallest absolute Gasteiger partial charge is 0.155 e. The molecular weight excluding hydrogens is 226 g/mol. The highest BCUT2D eigenvalue weighted by Crippen LogP contribution is 2.22. The van der Waals surface area contributed by atoms with Crippen LogP contribution >= 0.6 is 0 Å². The Hall–Kier alpha value is -1.07. The molecule has 1 aromatic carbocycles. The number of hydrogen-bond donors (Lipinski definition) is 1. The number of aryl methyl sites for hydroxylation is 1. The molecule has 0 aliphatic heterocycles. The number of ether oxygens (including phenoxy) is 1. The predicted molar refractivity (Wildman–Crippen MR) is 64.3 cm³/mol. The molecule has 0 aromatic heterocycles. The third kappa shape index (κ3) is 3.50. The van der Waals surface area contributed by atoms with Gasteiger partial charge in [-0.15, -0.1) is 0 Å². The Balaban J connectivity index is 3.00. The van der Waals surface area contributed by atoms with Gasteiger partial charge in [0.1, 0.15) is 5.75 Å². The van der Waals surface area contributed by atoms with Gasteiger partial charge in [-0.3, -0.25) is 0 Å². The minimum atomic E-state index is -3.14. The third-order valence-corrected chi connectivity index (χ3v) is 3.85. The van der Waals surface area contributed by atoms with Crippen LogP contribution in [0.5, 0.6) is 5.75 Å². The first-order chi connectivity index (χ1) is 7.48. The molecule has 0 heterocycles.